The maximum atomic E-state index is 13.2. The van der Waals surface area contributed by atoms with Crippen LogP contribution in [0.3, 0.4) is 0 Å². The van der Waals surface area contributed by atoms with Crippen molar-refractivity contribution in [1.29, 1.82) is 0 Å². The van der Waals surface area contributed by atoms with E-state index in [0.29, 0.717) is 29.4 Å². The molecule has 1 aromatic carbocycles. The molecule has 1 N–H and O–H groups in total. The number of sulfonamides is 1. The third-order valence-corrected chi connectivity index (χ3v) is 6.87. The predicted octanol–water partition coefficient (Wildman–Crippen LogP) is 2.94. The molecule has 28 heavy (non-hydrogen) atoms. The highest BCUT2D eigenvalue weighted by Gasteiger charge is 2.37. The molecule has 1 aliphatic rings. The molecule has 0 bridgehead atoms. The van der Waals surface area contributed by atoms with Gasteiger partial charge in [0.1, 0.15) is 11.6 Å². The molecule has 1 atom stereocenters. The quantitative estimate of drug-likeness (QED) is 0.755. The van der Waals surface area contributed by atoms with Crippen molar-refractivity contribution in [3.63, 3.8) is 0 Å². The summed E-state index contributed by atoms with van der Waals surface area (Å²) in [5, 5.41) is 9.98. The molecule has 0 saturated carbocycles. The van der Waals surface area contributed by atoms with Gasteiger partial charge in [-0.2, -0.15) is 4.31 Å². The summed E-state index contributed by atoms with van der Waals surface area (Å²) in [6.07, 6.45) is 2.36. The fourth-order valence-corrected chi connectivity index (χ4v) is 5.18. The number of hydrogen-bond donors (Lipinski definition) is 1. The van der Waals surface area contributed by atoms with Crippen molar-refractivity contribution >= 4 is 32.9 Å². The van der Waals surface area contributed by atoms with Gasteiger partial charge in [0.25, 0.3) is 0 Å². The molecule has 2 aromatic rings. The average Bonchev–Trinajstić information content (AvgIpc) is 2.83. The molecule has 9 heteroatoms. The van der Waals surface area contributed by atoms with Crippen LogP contribution in [0.1, 0.15) is 48.7 Å². The maximum absolute atomic E-state index is 13.2. The van der Waals surface area contributed by atoms with E-state index in [1.807, 2.05) is 0 Å². The molecule has 3 rings (SSSR count). The molecule has 0 amide bonds. The molecule has 0 spiro atoms. The number of aryl methyl sites for hydroxylation is 1. The minimum Gasteiger partial charge on any atom is -0.480 e. The van der Waals surface area contributed by atoms with E-state index in [9.17, 15) is 23.1 Å². The van der Waals surface area contributed by atoms with Gasteiger partial charge in [0.15, 0.2) is 0 Å². The minimum atomic E-state index is -4.01. The first kappa shape index (κ1) is 20.3. The first-order valence-electron chi connectivity index (χ1n) is 9.22. The summed E-state index contributed by atoms with van der Waals surface area (Å²) in [4.78, 5) is 23.6. The maximum Gasteiger partial charge on any atom is 0.374 e. The second-order valence-electron chi connectivity index (χ2n) is 6.75. The predicted molar refractivity (Wildman–Crippen MR) is 101 cm³/mol. The number of carbonyl (C=O) groups excluding carboxylic acids is 1. The molecule has 2 heterocycles. The lowest BCUT2D eigenvalue weighted by Gasteiger charge is -2.26. The van der Waals surface area contributed by atoms with E-state index in [2.05, 4.69) is 0 Å². The van der Waals surface area contributed by atoms with Crippen LogP contribution in [0.15, 0.2) is 27.5 Å². The van der Waals surface area contributed by atoms with Gasteiger partial charge in [-0.3, -0.25) is 4.79 Å². The standard InChI is InChI=1S/C19H23NO7S/c1-3-26-19(23)17-12(2)14-11-13(8-9-16(14)27-17)28(24,25)20-10-6-4-5-7-15(20)18(21)22/h8-9,11,15H,3-7,10H2,1-2H3,(H,21,22)/t15-/m0/s1. The monoisotopic (exact) mass is 409 g/mol. The third-order valence-electron chi connectivity index (χ3n) is 4.96. The van der Waals surface area contributed by atoms with E-state index in [4.69, 9.17) is 9.15 Å². The molecular formula is C19H23NO7S. The van der Waals surface area contributed by atoms with Crippen LogP contribution in [0, 0.1) is 6.92 Å². The van der Waals surface area contributed by atoms with Gasteiger partial charge in [0.2, 0.25) is 15.8 Å². The summed E-state index contributed by atoms with van der Waals surface area (Å²) in [7, 11) is -4.01. The van der Waals surface area contributed by atoms with Gasteiger partial charge < -0.3 is 14.3 Å². The second kappa shape index (κ2) is 7.92. The van der Waals surface area contributed by atoms with E-state index in [1.165, 1.54) is 18.2 Å². The van der Waals surface area contributed by atoms with Crippen molar-refractivity contribution in [2.24, 2.45) is 0 Å². The Morgan fingerprint density at radius 2 is 2.04 bits per heavy atom. The molecule has 1 saturated heterocycles. The van der Waals surface area contributed by atoms with Gasteiger partial charge in [0.05, 0.1) is 11.5 Å². The average molecular weight is 409 g/mol. The molecular weight excluding hydrogens is 386 g/mol. The Morgan fingerprint density at radius 1 is 1.29 bits per heavy atom. The fourth-order valence-electron chi connectivity index (χ4n) is 3.50. The lowest BCUT2D eigenvalue weighted by molar-refractivity contribution is -0.141. The number of benzene rings is 1. The van der Waals surface area contributed by atoms with Crippen molar-refractivity contribution in [2.45, 2.75) is 50.5 Å². The zero-order valence-electron chi connectivity index (χ0n) is 15.8. The number of ether oxygens (including phenoxy) is 1. The highest BCUT2D eigenvalue weighted by Crippen LogP contribution is 2.31. The Bertz CT molecular complexity index is 1010. The molecule has 0 unspecified atom stereocenters. The first-order chi connectivity index (χ1) is 13.3. The molecule has 152 valence electrons. The van der Waals surface area contributed by atoms with Crippen LogP contribution in [-0.4, -0.2) is 49.0 Å². The normalized spacial score (nSPS) is 18.7. The van der Waals surface area contributed by atoms with Crippen LogP contribution in [0.5, 0.6) is 0 Å². The van der Waals surface area contributed by atoms with Crippen molar-refractivity contribution in [3.8, 4) is 0 Å². The summed E-state index contributed by atoms with van der Waals surface area (Å²) < 4.78 is 38.0. The summed E-state index contributed by atoms with van der Waals surface area (Å²) in [5.41, 5.74) is 0.848. The Morgan fingerprint density at radius 3 is 2.71 bits per heavy atom. The van der Waals surface area contributed by atoms with Gasteiger partial charge in [-0.05, 0) is 44.9 Å². The van der Waals surface area contributed by atoms with Crippen LogP contribution in [0.25, 0.3) is 11.0 Å². The fraction of sp³-hybridized carbons (Fsp3) is 0.474. The van der Waals surface area contributed by atoms with Crippen molar-refractivity contribution in [3.05, 3.63) is 29.5 Å². The van der Waals surface area contributed by atoms with Crippen LogP contribution in [-0.2, 0) is 19.6 Å². The molecule has 1 fully saturated rings. The number of rotatable bonds is 5. The number of carboxylic acids is 1. The van der Waals surface area contributed by atoms with E-state index in [0.717, 1.165) is 10.7 Å². The molecule has 0 radical (unpaired) electrons. The largest absolute Gasteiger partial charge is 0.480 e. The number of carboxylic acid groups (broad SMARTS) is 1. The lowest BCUT2D eigenvalue weighted by Crippen LogP contribution is -2.44. The summed E-state index contributed by atoms with van der Waals surface area (Å²) in [5.74, 6) is -1.72. The number of hydrogen-bond acceptors (Lipinski definition) is 6. The van der Waals surface area contributed by atoms with Gasteiger partial charge >= 0.3 is 11.9 Å². The number of aliphatic carboxylic acids is 1. The van der Waals surface area contributed by atoms with E-state index >= 15 is 0 Å². The first-order valence-corrected chi connectivity index (χ1v) is 10.7. The smallest absolute Gasteiger partial charge is 0.374 e. The SMILES string of the molecule is CCOC(=O)c1oc2ccc(S(=O)(=O)N3CCCCC[C@H]3C(=O)O)cc2c1C. The van der Waals surface area contributed by atoms with Gasteiger partial charge in [-0.15, -0.1) is 0 Å². The molecule has 1 aliphatic heterocycles. The number of fused-ring (bicyclic) bond motifs is 1. The van der Waals surface area contributed by atoms with Crippen molar-refractivity contribution < 1.29 is 32.3 Å². The van der Waals surface area contributed by atoms with Crippen LogP contribution in [0.2, 0.25) is 0 Å². The Kier molecular flexibility index (Phi) is 5.76. The molecule has 8 nitrogen and oxygen atoms in total. The zero-order valence-corrected chi connectivity index (χ0v) is 16.6. The Balaban J connectivity index is 2.05. The van der Waals surface area contributed by atoms with Gasteiger partial charge in [-0.1, -0.05) is 12.8 Å². The van der Waals surface area contributed by atoms with Crippen LogP contribution >= 0.6 is 0 Å². The summed E-state index contributed by atoms with van der Waals surface area (Å²) in [6, 6.07) is 3.20. The molecule has 0 aliphatic carbocycles. The zero-order chi connectivity index (χ0) is 20.5. The Hall–Kier alpha value is -2.39. The number of furan rings is 1. The van der Waals surface area contributed by atoms with Gasteiger partial charge in [0, 0.05) is 17.5 Å². The number of esters is 1. The van der Waals surface area contributed by atoms with Gasteiger partial charge in [-0.25, -0.2) is 13.2 Å². The van der Waals surface area contributed by atoms with Crippen molar-refractivity contribution in [2.75, 3.05) is 13.2 Å². The Labute approximate surface area is 163 Å². The second-order valence-corrected chi connectivity index (χ2v) is 8.64. The highest BCUT2D eigenvalue weighted by molar-refractivity contribution is 7.89. The molecule has 1 aromatic heterocycles. The minimum absolute atomic E-state index is 0.0209. The van der Waals surface area contributed by atoms with Crippen LogP contribution in [0.4, 0.5) is 0 Å². The topological polar surface area (TPSA) is 114 Å². The lowest BCUT2D eigenvalue weighted by atomic mass is 10.1. The number of carbonyl (C=O) groups is 2. The van der Waals surface area contributed by atoms with E-state index in [1.54, 1.807) is 13.8 Å². The number of nitrogens with zero attached hydrogens (tertiary/aromatic N) is 1. The third kappa shape index (κ3) is 3.64. The van der Waals surface area contributed by atoms with E-state index in [-0.39, 0.29) is 30.2 Å². The van der Waals surface area contributed by atoms with Crippen molar-refractivity contribution in [1.82, 2.24) is 4.31 Å². The summed E-state index contributed by atoms with van der Waals surface area (Å²) in [6.45, 7) is 3.69. The van der Waals surface area contributed by atoms with E-state index < -0.39 is 28.0 Å². The van der Waals surface area contributed by atoms with Crippen LogP contribution < -0.4 is 0 Å². The highest BCUT2D eigenvalue weighted by atomic mass is 32.2. The summed E-state index contributed by atoms with van der Waals surface area (Å²) >= 11 is 0.